The Kier molecular flexibility index (Phi) is 4.66. The second kappa shape index (κ2) is 6.26. The molecule has 0 bridgehead atoms. The number of likely N-dealkylation sites (tertiary alicyclic amines) is 1. The van der Waals surface area contributed by atoms with Crippen LogP contribution in [0.5, 0.6) is 0 Å². The van der Waals surface area contributed by atoms with Gasteiger partial charge in [-0.15, -0.1) is 0 Å². The number of hydrogen-bond acceptors (Lipinski definition) is 3. The lowest BCUT2D eigenvalue weighted by Gasteiger charge is -2.15. The largest absolute Gasteiger partial charge is 0.478 e. The summed E-state index contributed by atoms with van der Waals surface area (Å²) in [6.45, 7) is 6.27. The molecule has 0 saturated carbocycles. The Balaban J connectivity index is 1.98. The predicted molar refractivity (Wildman–Crippen MR) is 77.1 cm³/mol. The van der Waals surface area contributed by atoms with Crippen molar-refractivity contribution in [3.8, 4) is 0 Å². The molecule has 5 heteroatoms. The van der Waals surface area contributed by atoms with Crippen molar-refractivity contribution >= 4 is 23.3 Å². The minimum atomic E-state index is -0.952. The van der Waals surface area contributed by atoms with Gasteiger partial charge in [0.05, 0.1) is 5.56 Å². The first-order valence-corrected chi connectivity index (χ1v) is 6.97. The Morgan fingerprint density at radius 1 is 1.58 bits per heavy atom. The maximum Gasteiger partial charge on any atom is 0.337 e. The number of halogens is 1. The molecule has 0 amide bonds. The molecule has 2 N–H and O–H groups in total. The highest BCUT2D eigenvalue weighted by atomic mass is 35.5. The van der Waals surface area contributed by atoms with Crippen molar-refractivity contribution in [1.82, 2.24) is 4.90 Å². The van der Waals surface area contributed by atoms with E-state index in [4.69, 9.17) is 16.7 Å². The summed E-state index contributed by atoms with van der Waals surface area (Å²) in [5.41, 5.74) is 0.879. The van der Waals surface area contributed by atoms with Gasteiger partial charge in [-0.05, 0) is 43.6 Å². The quantitative estimate of drug-likeness (QED) is 0.872. The molecular formula is C14H19ClN2O2. The van der Waals surface area contributed by atoms with Crippen LogP contribution in [-0.4, -0.2) is 42.2 Å². The molecule has 0 aliphatic carbocycles. The molecule has 0 aromatic heterocycles. The fourth-order valence-corrected chi connectivity index (χ4v) is 2.64. The summed E-state index contributed by atoms with van der Waals surface area (Å²) in [5.74, 6) is -0.371. The number of aromatic carboxylic acids is 1. The van der Waals surface area contributed by atoms with Crippen LogP contribution in [0, 0.1) is 5.92 Å². The molecule has 1 aromatic rings. The fraction of sp³-hybridized carbons (Fsp3) is 0.500. The van der Waals surface area contributed by atoms with Gasteiger partial charge in [-0.1, -0.05) is 18.5 Å². The molecule has 1 aliphatic heterocycles. The third kappa shape index (κ3) is 3.61. The highest BCUT2D eigenvalue weighted by Crippen LogP contribution is 2.22. The van der Waals surface area contributed by atoms with Gasteiger partial charge >= 0.3 is 5.97 Å². The van der Waals surface area contributed by atoms with Crippen LogP contribution in [0.15, 0.2) is 18.2 Å². The molecule has 4 nitrogen and oxygen atoms in total. The van der Waals surface area contributed by atoms with E-state index < -0.39 is 5.97 Å². The second-order valence-electron chi connectivity index (χ2n) is 4.92. The van der Waals surface area contributed by atoms with Gasteiger partial charge in [0.2, 0.25) is 0 Å². The van der Waals surface area contributed by atoms with Crippen LogP contribution < -0.4 is 5.32 Å². The van der Waals surface area contributed by atoms with E-state index in [2.05, 4.69) is 17.1 Å². The second-order valence-corrected chi connectivity index (χ2v) is 5.36. The SMILES string of the molecule is CCN1CCC(CNc2ccc(Cl)cc2C(=O)O)C1. The number of carbonyl (C=O) groups is 1. The summed E-state index contributed by atoms with van der Waals surface area (Å²) in [6, 6.07) is 4.93. The number of hydrogen-bond donors (Lipinski definition) is 2. The first-order valence-electron chi connectivity index (χ1n) is 6.59. The molecule has 19 heavy (non-hydrogen) atoms. The standard InChI is InChI=1S/C14H19ClN2O2/c1-2-17-6-5-10(9-17)8-16-13-4-3-11(15)7-12(13)14(18)19/h3-4,7,10,16H,2,5-6,8-9H2,1H3,(H,18,19). The van der Waals surface area contributed by atoms with Crippen LogP contribution in [-0.2, 0) is 0 Å². The van der Waals surface area contributed by atoms with Gasteiger partial charge in [-0.3, -0.25) is 0 Å². The summed E-state index contributed by atoms with van der Waals surface area (Å²) < 4.78 is 0. The topological polar surface area (TPSA) is 52.6 Å². The molecule has 104 valence electrons. The Morgan fingerprint density at radius 2 is 2.37 bits per heavy atom. The van der Waals surface area contributed by atoms with E-state index in [0.29, 0.717) is 16.6 Å². The molecule has 2 rings (SSSR count). The Morgan fingerprint density at radius 3 is 3.00 bits per heavy atom. The van der Waals surface area contributed by atoms with Gasteiger partial charge in [0.1, 0.15) is 0 Å². The number of carboxylic acid groups (broad SMARTS) is 1. The molecule has 1 fully saturated rings. The summed E-state index contributed by atoms with van der Waals surface area (Å²) in [6.07, 6.45) is 1.16. The van der Waals surface area contributed by atoms with E-state index >= 15 is 0 Å². The van der Waals surface area contributed by atoms with Crippen LogP contribution >= 0.6 is 11.6 Å². The van der Waals surface area contributed by atoms with Crippen molar-refractivity contribution < 1.29 is 9.90 Å². The van der Waals surface area contributed by atoms with Crippen LogP contribution in [0.1, 0.15) is 23.7 Å². The van der Waals surface area contributed by atoms with Crippen molar-refractivity contribution in [3.63, 3.8) is 0 Å². The number of rotatable bonds is 5. The Bertz CT molecular complexity index is 465. The minimum Gasteiger partial charge on any atom is -0.478 e. The van der Waals surface area contributed by atoms with Gasteiger partial charge < -0.3 is 15.3 Å². The monoisotopic (exact) mass is 282 g/mol. The van der Waals surface area contributed by atoms with Gasteiger partial charge in [0, 0.05) is 23.8 Å². The lowest BCUT2D eigenvalue weighted by molar-refractivity contribution is 0.0698. The van der Waals surface area contributed by atoms with Crippen molar-refractivity contribution in [2.45, 2.75) is 13.3 Å². The maximum absolute atomic E-state index is 11.2. The lowest BCUT2D eigenvalue weighted by Crippen LogP contribution is -2.22. The predicted octanol–water partition coefficient (Wildman–Crippen LogP) is 2.79. The average Bonchev–Trinajstić information content (AvgIpc) is 2.85. The zero-order chi connectivity index (χ0) is 13.8. The van der Waals surface area contributed by atoms with E-state index in [1.807, 2.05) is 0 Å². The van der Waals surface area contributed by atoms with Gasteiger partial charge in [0.15, 0.2) is 0 Å². The Hall–Kier alpha value is -1.26. The smallest absolute Gasteiger partial charge is 0.337 e. The molecule has 0 spiro atoms. The van der Waals surface area contributed by atoms with Crippen molar-refractivity contribution in [1.29, 1.82) is 0 Å². The molecule has 1 aromatic carbocycles. The van der Waals surface area contributed by atoms with E-state index in [1.165, 1.54) is 6.07 Å². The first kappa shape index (κ1) is 14.2. The summed E-state index contributed by atoms with van der Waals surface area (Å²) >= 11 is 5.83. The molecule has 1 unspecified atom stereocenters. The average molecular weight is 283 g/mol. The number of anilines is 1. The van der Waals surface area contributed by atoms with Gasteiger partial charge in [-0.25, -0.2) is 4.79 Å². The minimum absolute atomic E-state index is 0.234. The first-order chi connectivity index (χ1) is 9.10. The molecular weight excluding hydrogens is 264 g/mol. The zero-order valence-electron chi connectivity index (χ0n) is 11.0. The van der Waals surface area contributed by atoms with Crippen molar-refractivity contribution in [3.05, 3.63) is 28.8 Å². The maximum atomic E-state index is 11.2. The fourth-order valence-electron chi connectivity index (χ4n) is 2.47. The van der Waals surface area contributed by atoms with Crippen LogP contribution in [0.25, 0.3) is 0 Å². The normalized spacial score (nSPS) is 19.6. The summed E-state index contributed by atoms with van der Waals surface area (Å²) in [5, 5.41) is 12.8. The number of nitrogens with one attached hydrogen (secondary N) is 1. The van der Waals surface area contributed by atoms with Gasteiger partial charge in [-0.2, -0.15) is 0 Å². The highest BCUT2D eigenvalue weighted by molar-refractivity contribution is 6.31. The zero-order valence-corrected chi connectivity index (χ0v) is 11.8. The van der Waals surface area contributed by atoms with Gasteiger partial charge in [0.25, 0.3) is 0 Å². The highest BCUT2D eigenvalue weighted by Gasteiger charge is 2.21. The number of benzene rings is 1. The van der Waals surface area contributed by atoms with E-state index in [1.54, 1.807) is 12.1 Å². The summed E-state index contributed by atoms with van der Waals surface area (Å²) in [7, 11) is 0. The van der Waals surface area contributed by atoms with E-state index in [9.17, 15) is 4.79 Å². The van der Waals surface area contributed by atoms with E-state index in [0.717, 1.165) is 32.6 Å². The molecule has 1 aliphatic rings. The number of nitrogens with zero attached hydrogens (tertiary/aromatic N) is 1. The van der Waals surface area contributed by atoms with Crippen LogP contribution in [0.4, 0.5) is 5.69 Å². The molecule has 1 heterocycles. The van der Waals surface area contributed by atoms with Crippen molar-refractivity contribution in [2.75, 3.05) is 31.5 Å². The number of carboxylic acids is 1. The molecule has 0 radical (unpaired) electrons. The molecule has 1 saturated heterocycles. The third-order valence-corrected chi connectivity index (χ3v) is 3.85. The van der Waals surface area contributed by atoms with Crippen LogP contribution in [0.3, 0.4) is 0 Å². The van der Waals surface area contributed by atoms with Crippen molar-refractivity contribution in [2.24, 2.45) is 5.92 Å². The third-order valence-electron chi connectivity index (χ3n) is 3.61. The van der Waals surface area contributed by atoms with Crippen LogP contribution in [0.2, 0.25) is 5.02 Å². The summed E-state index contributed by atoms with van der Waals surface area (Å²) in [4.78, 5) is 13.6. The molecule has 1 atom stereocenters. The lowest BCUT2D eigenvalue weighted by atomic mass is 10.1. The van der Waals surface area contributed by atoms with E-state index in [-0.39, 0.29) is 5.56 Å². The Labute approximate surface area is 118 Å².